The Hall–Kier alpha value is -3.22. The molecule has 7 heteroatoms. The molecule has 1 aliphatic rings. The van der Waals surface area contributed by atoms with Gasteiger partial charge < -0.3 is 14.8 Å². The van der Waals surface area contributed by atoms with Gasteiger partial charge in [0.25, 0.3) is 5.91 Å². The molecular weight excluding hydrogens is 335 g/mol. The predicted octanol–water partition coefficient (Wildman–Crippen LogP) is 2.10. The van der Waals surface area contributed by atoms with Gasteiger partial charge in [-0.15, -0.1) is 0 Å². The second-order valence-electron chi connectivity index (χ2n) is 6.22. The summed E-state index contributed by atoms with van der Waals surface area (Å²) in [5, 5.41) is 2.75. The first-order valence-corrected chi connectivity index (χ1v) is 8.38. The van der Waals surface area contributed by atoms with E-state index in [0.717, 1.165) is 11.0 Å². The van der Waals surface area contributed by atoms with E-state index in [1.807, 2.05) is 28.8 Å². The second-order valence-corrected chi connectivity index (χ2v) is 6.22. The van der Waals surface area contributed by atoms with Crippen LogP contribution in [0.1, 0.15) is 6.42 Å². The Morgan fingerprint density at radius 3 is 2.73 bits per heavy atom. The van der Waals surface area contributed by atoms with E-state index in [1.165, 1.54) is 17.0 Å². The average Bonchev–Trinajstić information content (AvgIpc) is 3.07. The Bertz CT molecular complexity index is 967. The van der Waals surface area contributed by atoms with Crippen LogP contribution in [0, 0.1) is 5.82 Å². The average molecular weight is 352 g/mol. The highest BCUT2D eigenvalue weighted by Crippen LogP contribution is 2.22. The SMILES string of the molecule is O=C(CCn1cnc2ccccc21)N[C@@H]1CN(c2ccc(F)cc2)C1=O. The van der Waals surface area contributed by atoms with E-state index in [9.17, 15) is 14.0 Å². The van der Waals surface area contributed by atoms with Crippen LogP contribution in [-0.2, 0) is 16.1 Å². The highest BCUT2D eigenvalue weighted by atomic mass is 19.1. The number of aromatic nitrogens is 2. The fourth-order valence-electron chi connectivity index (χ4n) is 3.06. The third kappa shape index (κ3) is 3.03. The largest absolute Gasteiger partial charge is 0.343 e. The zero-order valence-corrected chi connectivity index (χ0v) is 13.9. The monoisotopic (exact) mass is 352 g/mol. The number of hydrogen-bond donors (Lipinski definition) is 1. The molecule has 1 N–H and O–H groups in total. The maximum Gasteiger partial charge on any atom is 0.251 e. The molecule has 1 aliphatic heterocycles. The minimum absolute atomic E-state index is 0.181. The summed E-state index contributed by atoms with van der Waals surface area (Å²) in [5.41, 5.74) is 2.49. The molecule has 0 radical (unpaired) electrons. The molecule has 0 spiro atoms. The first-order valence-electron chi connectivity index (χ1n) is 8.38. The lowest BCUT2D eigenvalue weighted by Gasteiger charge is -2.38. The molecule has 3 aromatic rings. The van der Waals surface area contributed by atoms with Crippen molar-refractivity contribution in [2.24, 2.45) is 0 Å². The number of para-hydroxylation sites is 2. The van der Waals surface area contributed by atoms with Crippen LogP contribution in [0.25, 0.3) is 11.0 Å². The highest BCUT2D eigenvalue weighted by molar-refractivity contribution is 6.05. The molecule has 0 bridgehead atoms. The minimum atomic E-state index is -0.521. The van der Waals surface area contributed by atoms with Crippen LogP contribution < -0.4 is 10.2 Å². The zero-order valence-electron chi connectivity index (χ0n) is 13.9. The Balaban J connectivity index is 1.30. The first kappa shape index (κ1) is 16.3. The molecule has 2 aromatic carbocycles. The summed E-state index contributed by atoms with van der Waals surface area (Å²) in [6.45, 7) is 0.888. The summed E-state index contributed by atoms with van der Waals surface area (Å²) >= 11 is 0. The number of carbonyl (C=O) groups excluding carboxylic acids is 2. The van der Waals surface area contributed by atoms with Gasteiger partial charge in [0, 0.05) is 18.7 Å². The fraction of sp³-hybridized carbons (Fsp3) is 0.211. The second kappa shape index (κ2) is 6.59. The molecule has 1 fully saturated rings. The number of hydrogen-bond acceptors (Lipinski definition) is 3. The quantitative estimate of drug-likeness (QED) is 0.715. The third-order valence-electron chi connectivity index (χ3n) is 4.51. The van der Waals surface area contributed by atoms with Crippen molar-refractivity contribution in [3.8, 4) is 0 Å². The van der Waals surface area contributed by atoms with Gasteiger partial charge in [-0.2, -0.15) is 0 Å². The molecule has 4 rings (SSSR count). The summed E-state index contributed by atoms with van der Waals surface area (Å²) in [7, 11) is 0. The van der Waals surface area contributed by atoms with Crippen molar-refractivity contribution in [3.05, 3.63) is 60.7 Å². The molecule has 2 heterocycles. The maximum atomic E-state index is 12.9. The minimum Gasteiger partial charge on any atom is -0.343 e. The van der Waals surface area contributed by atoms with E-state index < -0.39 is 6.04 Å². The summed E-state index contributed by atoms with van der Waals surface area (Å²) in [4.78, 5) is 30.2. The molecule has 0 unspecified atom stereocenters. The van der Waals surface area contributed by atoms with Gasteiger partial charge >= 0.3 is 0 Å². The molecule has 1 saturated heterocycles. The molecule has 6 nitrogen and oxygen atoms in total. The predicted molar refractivity (Wildman–Crippen MR) is 95.0 cm³/mol. The number of carbonyl (C=O) groups is 2. The van der Waals surface area contributed by atoms with Crippen LogP contribution in [-0.4, -0.2) is 34.0 Å². The Morgan fingerprint density at radius 2 is 1.96 bits per heavy atom. The molecule has 1 aromatic heterocycles. The number of nitrogens with zero attached hydrogens (tertiary/aromatic N) is 3. The summed E-state index contributed by atoms with van der Waals surface area (Å²) in [6.07, 6.45) is 1.98. The normalized spacial score (nSPS) is 16.6. The van der Waals surface area contributed by atoms with E-state index >= 15 is 0 Å². The Morgan fingerprint density at radius 1 is 1.19 bits per heavy atom. The summed E-state index contributed by atoms with van der Waals surface area (Å²) in [6, 6.07) is 12.9. The maximum absolute atomic E-state index is 12.9. The van der Waals surface area contributed by atoms with Crippen LogP contribution in [0.15, 0.2) is 54.9 Å². The summed E-state index contributed by atoms with van der Waals surface area (Å²) < 4.78 is 14.9. The first-order chi connectivity index (χ1) is 12.6. The Kier molecular flexibility index (Phi) is 4.12. The number of fused-ring (bicyclic) bond motifs is 1. The van der Waals surface area contributed by atoms with Crippen LogP contribution in [0.2, 0.25) is 0 Å². The number of benzene rings is 2. The number of amides is 2. The molecule has 0 saturated carbocycles. The van der Waals surface area contributed by atoms with Crippen molar-refractivity contribution in [2.75, 3.05) is 11.4 Å². The van der Waals surface area contributed by atoms with E-state index in [4.69, 9.17) is 0 Å². The van der Waals surface area contributed by atoms with E-state index in [-0.39, 0.29) is 24.1 Å². The molecule has 132 valence electrons. The van der Waals surface area contributed by atoms with Gasteiger partial charge in [-0.3, -0.25) is 9.59 Å². The number of halogens is 1. The number of aryl methyl sites for hydroxylation is 1. The lowest BCUT2D eigenvalue weighted by molar-refractivity contribution is -0.130. The standard InChI is InChI=1S/C19H17FN4O2/c20-13-5-7-14(8-6-13)24-11-16(19(24)26)22-18(25)9-10-23-12-21-15-3-1-2-4-17(15)23/h1-8,12,16H,9-11H2,(H,22,25)/t16-/m1/s1. The molecule has 1 atom stereocenters. The van der Waals surface area contributed by atoms with Crippen molar-refractivity contribution in [1.82, 2.24) is 14.9 Å². The van der Waals surface area contributed by atoms with Gasteiger partial charge in [-0.25, -0.2) is 9.37 Å². The number of anilines is 1. The number of nitrogens with one attached hydrogen (secondary N) is 1. The number of rotatable bonds is 5. The summed E-state index contributed by atoms with van der Waals surface area (Å²) in [5.74, 6) is -0.712. The topological polar surface area (TPSA) is 67.2 Å². The van der Waals surface area contributed by atoms with Crippen molar-refractivity contribution < 1.29 is 14.0 Å². The van der Waals surface area contributed by atoms with E-state index in [1.54, 1.807) is 18.5 Å². The lowest BCUT2D eigenvalue weighted by atomic mass is 10.1. The zero-order chi connectivity index (χ0) is 18.1. The van der Waals surface area contributed by atoms with Crippen molar-refractivity contribution in [2.45, 2.75) is 19.0 Å². The van der Waals surface area contributed by atoms with Gasteiger partial charge in [0.05, 0.1) is 23.9 Å². The van der Waals surface area contributed by atoms with Crippen molar-refractivity contribution in [3.63, 3.8) is 0 Å². The van der Waals surface area contributed by atoms with Gasteiger partial charge in [0.2, 0.25) is 5.91 Å². The van der Waals surface area contributed by atoms with Crippen LogP contribution in [0.4, 0.5) is 10.1 Å². The van der Waals surface area contributed by atoms with E-state index in [2.05, 4.69) is 10.3 Å². The van der Waals surface area contributed by atoms with Crippen LogP contribution >= 0.6 is 0 Å². The van der Waals surface area contributed by atoms with Gasteiger partial charge in [0.15, 0.2) is 0 Å². The molecular formula is C19H17FN4O2. The number of imidazole rings is 1. The van der Waals surface area contributed by atoms with Gasteiger partial charge in [-0.1, -0.05) is 12.1 Å². The molecule has 26 heavy (non-hydrogen) atoms. The fourth-order valence-corrected chi connectivity index (χ4v) is 3.06. The van der Waals surface area contributed by atoms with Crippen molar-refractivity contribution >= 4 is 28.5 Å². The van der Waals surface area contributed by atoms with Crippen LogP contribution in [0.3, 0.4) is 0 Å². The van der Waals surface area contributed by atoms with Crippen molar-refractivity contribution in [1.29, 1.82) is 0 Å². The smallest absolute Gasteiger partial charge is 0.251 e. The molecule has 2 amide bonds. The van der Waals surface area contributed by atoms with Gasteiger partial charge in [-0.05, 0) is 36.4 Å². The van der Waals surface area contributed by atoms with Gasteiger partial charge in [0.1, 0.15) is 11.9 Å². The highest BCUT2D eigenvalue weighted by Gasteiger charge is 2.38. The third-order valence-corrected chi connectivity index (χ3v) is 4.51. The van der Waals surface area contributed by atoms with Crippen LogP contribution in [0.5, 0.6) is 0 Å². The number of β-lactam (4-membered cyclic amide) rings is 1. The Labute approximate surface area is 149 Å². The molecule has 0 aliphatic carbocycles. The van der Waals surface area contributed by atoms with E-state index in [0.29, 0.717) is 18.8 Å². The lowest BCUT2D eigenvalue weighted by Crippen LogP contribution is -2.64.